The van der Waals surface area contributed by atoms with E-state index in [4.69, 9.17) is 4.84 Å². The standard InChI is InChI=1S/C11H21NO3/c1-11(2,3)8-10(14)15-12-6-4-9(13)5-7-12/h9,13H,4-8H2,1-3H3. The summed E-state index contributed by atoms with van der Waals surface area (Å²) in [5.41, 5.74) is -0.0353. The maximum Gasteiger partial charge on any atom is 0.325 e. The highest BCUT2D eigenvalue weighted by molar-refractivity contribution is 5.69. The molecule has 0 atom stereocenters. The number of hydrogen-bond donors (Lipinski definition) is 1. The summed E-state index contributed by atoms with van der Waals surface area (Å²) < 4.78 is 0. The molecule has 1 saturated heterocycles. The maximum atomic E-state index is 11.5. The maximum absolute atomic E-state index is 11.5. The van der Waals surface area contributed by atoms with E-state index in [1.165, 1.54) is 0 Å². The van der Waals surface area contributed by atoms with Crippen molar-refractivity contribution in [3.63, 3.8) is 0 Å². The molecule has 15 heavy (non-hydrogen) atoms. The molecule has 0 spiro atoms. The zero-order valence-electron chi connectivity index (χ0n) is 9.82. The van der Waals surface area contributed by atoms with Crippen LogP contribution in [-0.2, 0) is 9.63 Å². The lowest BCUT2D eigenvalue weighted by Gasteiger charge is -2.28. The van der Waals surface area contributed by atoms with Crippen LogP contribution >= 0.6 is 0 Å². The number of aliphatic hydroxyl groups is 1. The molecule has 1 aliphatic heterocycles. The summed E-state index contributed by atoms with van der Waals surface area (Å²) in [6, 6.07) is 0. The van der Waals surface area contributed by atoms with E-state index in [0.29, 0.717) is 32.4 Å². The zero-order valence-corrected chi connectivity index (χ0v) is 9.82. The van der Waals surface area contributed by atoms with Gasteiger partial charge < -0.3 is 9.94 Å². The third-order valence-corrected chi connectivity index (χ3v) is 2.33. The van der Waals surface area contributed by atoms with Crippen LogP contribution in [0, 0.1) is 5.41 Å². The molecule has 0 aromatic heterocycles. The Balaban J connectivity index is 2.27. The Hall–Kier alpha value is -0.610. The number of hydrogen-bond acceptors (Lipinski definition) is 4. The fourth-order valence-corrected chi connectivity index (χ4v) is 1.54. The van der Waals surface area contributed by atoms with Crippen LogP contribution in [-0.4, -0.2) is 35.3 Å². The highest BCUT2D eigenvalue weighted by Gasteiger charge is 2.23. The molecule has 1 aliphatic rings. The summed E-state index contributed by atoms with van der Waals surface area (Å²) >= 11 is 0. The number of piperidine rings is 1. The molecule has 0 unspecified atom stereocenters. The highest BCUT2D eigenvalue weighted by atomic mass is 16.7. The number of aliphatic hydroxyl groups excluding tert-OH is 1. The first-order chi connectivity index (χ1) is 6.87. The first-order valence-corrected chi connectivity index (χ1v) is 5.51. The van der Waals surface area contributed by atoms with E-state index in [-0.39, 0.29) is 17.5 Å². The normalized spacial score (nSPS) is 20.3. The molecule has 0 aliphatic carbocycles. The second-order valence-electron chi connectivity index (χ2n) is 5.36. The summed E-state index contributed by atoms with van der Waals surface area (Å²) in [5, 5.41) is 10.9. The van der Waals surface area contributed by atoms with Gasteiger partial charge in [-0.1, -0.05) is 20.8 Å². The van der Waals surface area contributed by atoms with E-state index in [0.717, 1.165) is 0 Å². The van der Waals surface area contributed by atoms with Gasteiger partial charge in [-0.15, -0.1) is 5.06 Å². The van der Waals surface area contributed by atoms with Crippen molar-refractivity contribution in [3.8, 4) is 0 Å². The first kappa shape index (κ1) is 12.5. The molecular formula is C11H21NO3. The number of rotatable bonds is 2. The van der Waals surface area contributed by atoms with Gasteiger partial charge in [0.05, 0.1) is 12.5 Å². The van der Waals surface area contributed by atoms with Gasteiger partial charge in [-0.05, 0) is 18.3 Å². The van der Waals surface area contributed by atoms with Crippen LogP contribution in [0.2, 0.25) is 0 Å². The van der Waals surface area contributed by atoms with E-state index in [1.807, 2.05) is 20.8 Å². The van der Waals surface area contributed by atoms with Gasteiger partial charge in [-0.3, -0.25) is 4.79 Å². The Morgan fingerprint density at radius 1 is 1.40 bits per heavy atom. The lowest BCUT2D eigenvalue weighted by atomic mass is 9.93. The Bertz CT molecular complexity index is 214. The topological polar surface area (TPSA) is 49.8 Å². The number of nitrogens with zero attached hydrogens (tertiary/aromatic N) is 1. The molecule has 1 rings (SSSR count). The molecule has 0 bridgehead atoms. The molecule has 1 fully saturated rings. The summed E-state index contributed by atoms with van der Waals surface area (Å²) in [6.45, 7) is 7.30. The van der Waals surface area contributed by atoms with Crippen molar-refractivity contribution in [3.05, 3.63) is 0 Å². The fourth-order valence-electron chi connectivity index (χ4n) is 1.54. The van der Waals surface area contributed by atoms with Gasteiger partial charge in [0.2, 0.25) is 0 Å². The SMILES string of the molecule is CC(C)(C)CC(=O)ON1CCC(O)CC1. The molecule has 4 heteroatoms. The van der Waals surface area contributed by atoms with E-state index >= 15 is 0 Å². The molecule has 0 saturated carbocycles. The zero-order chi connectivity index (χ0) is 11.5. The minimum absolute atomic E-state index is 0.0353. The smallest absolute Gasteiger partial charge is 0.325 e. The average molecular weight is 215 g/mol. The van der Waals surface area contributed by atoms with E-state index < -0.39 is 0 Å². The van der Waals surface area contributed by atoms with Crippen molar-refractivity contribution in [1.82, 2.24) is 5.06 Å². The monoisotopic (exact) mass is 215 g/mol. The van der Waals surface area contributed by atoms with Gasteiger partial charge >= 0.3 is 5.97 Å². The fraction of sp³-hybridized carbons (Fsp3) is 0.909. The lowest BCUT2D eigenvalue weighted by Crippen LogP contribution is -2.38. The molecular weight excluding hydrogens is 194 g/mol. The molecule has 0 aromatic carbocycles. The van der Waals surface area contributed by atoms with Crippen LogP contribution < -0.4 is 0 Å². The van der Waals surface area contributed by atoms with Crippen LogP contribution in [0.15, 0.2) is 0 Å². The van der Waals surface area contributed by atoms with Gasteiger partial charge in [0, 0.05) is 13.1 Å². The first-order valence-electron chi connectivity index (χ1n) is 5.51. The summed E-state index contributed by atoms with van der Waals surface area (Å²) in [5.74, 6) is -0.182. The van der Waals surface area contributed by atoms with Crippen LogP contribution in [0.5, 0.6) is 0 Å². The van der Waals surface area contributed by atoms with Crippen molar-refractivity contribution in [2.24, 2.45) is 5.41 Å². The molecule has 0 amide bonds. The van der Waals surface area contributed by atoms with Crippen molar-refractivity contribution >= 4 is 5.97 Å². The number of hydroxylamine groups is 2. The molecule has 4 nitrogen and oxygen atoms in total. The predicted molar refractivity (Wildman–Crippen MR) is 57.0 cm³/mol. The minimum atomic E-state index is -0.234. The Kier molecular flexibility index (Phi) is 4.11. The molecule has 1 heterocycles. The average Bonchev–Trinajstić information content (AvgIpc) is 2.05. The quantitative estimate of drug-likeness (QED) is 0.755. The largest absolute Gasteiger partial charge is 0.393 e. The van der Waals surface area contributed by atoms with E-state index in [9.17, 15) is 9.90 Å². The molecule has 1 N–H and O–H groups in total. The van der Waals surface area contributed by atoms with Crippen LogP contribution in [0.4, 0.5) is 0 Å². The van der Waals surface area contributed by atoms with Crippen molar-refractivity contribution in [2.75, 3.05) is 13.1 Å². The predicted octanol–water partition coefficient (Wildman–Crippen LogP) is 1.34. The van der Waals surface area contributed by atoms with Gasteiger partial charge in [0.15, 0.2) is 0 Å². The van der Waals surface area contributed by atoms with Gasteiger partial charge in [0.25, 0.3) is 0 Å². The third-order valence-electron chi connectivity index (χ3n) is 2.33. The van der Waals surface area contributed by atoms with Crippen LogP contribution in [0.1, 0.15) is 40.0 Å². The Morgan fingerprint density at radius 2 is 1.93 bits per heavy atom. The summed E-state index contributed by atoms with van der Waals surface area (Å²) in [4.78, 5) is 16.7. The van der Waals surface area contributed by atoms with Crippen molar-refractivity contribution in [2.45, 2.75) is 46.1 Å². The third kappa shape index (κ3) is 5.14. The van der Waals surface area contributed by atoms with Gasteiger partial charge in [0.1, 0.15) is 0 Å². The van der Waals surface area contributed by atoms with Gasteiger partial charge in [-0.2, -0.15) is 0 Å². The molecule has 88 valence electrons. The minimum Gasteiger partial charge on any atom is -0.393 e. The van der Waals surface area contributed by atoms with E-state index in [1.54, 1.807) is 5.06 Å². The van der Waals surface area contributed by atoms with E-state index in [2.05, 4.69) is 0 Å². The number of carbonyl (C=O) groups is 1. The Labute approximate surface area is 91.2 Å². The van der Waals surface area contributed by atoms with Gasteiger partial charge in [-0.25, -0.2) is 0 Å². The summed E-state index contributed by atoms with van der Waals surface area (Å²) in [6.07, 6.45) is 1.56. The molecule has 0 radical (unpaired) electrons. The van der Waals surface area contributed by atoms with Crippen LogP contribution in [0.25, 0.3) is 0 Å². The Morgan fingerprint density at radius 3 is 2.40 bits per heavy atom. The molecule has 0 aromatic rings. The second kappa shape index (κ2) is 4.94. The highest BCUT2D eigenvalue weighted by Crippen LogP contribution is 2.20. The van der Waals surface area contributed by atoms with Crippen molar-refractivity contribution in [1.29, 1.82) is 0 Å². The lowest BCUT2D eigenvalue weighted by molar-refractivity contribution is -0.200. The number of carbonyl (C=O) groups excluding carboxylic acids is 1. The van der Waals surface area contributed by atoms with Crippen molar-refractivity contribution < 1.29 is 14.7 Å². The van der Waals surface area contributed by atoms with Crippen LogP contribution in [0.3, 0.4) is 0 Å². The summed E-state index contributed by atoms with van der Waals surface area (Å²) in [7, 11) is 0. The second-order valence-corrected chi connectivity index (χ2v) is 5.36.